The van der Waals surface area contributed by atoms with Gasteiger partial charge in [0.2, 0.25) is 0 Å². The molecular weight excluding hydrogens is 283 g/mol. The van der Waals surface area contributed by atoms with Gasteiger partial charge in [-0.05, 0) is 0 Å². The van der Waals surface area contributed by atoms with Crippen LogP contribution in [0.25, 0.3) is 0 Å². The van der Waals surface area contributed by atoms with Crippen LogP contribution in [0.3, 0.4) is 0 Å². The van der Waals surface area contributed by atoms with E-state index >= 15 is 0 Å². The Hall–Kier alpha value is 0.499. The van der Waals surface area contributed by atoms with Gasteiger partial charge >= 0.3 is 77.2 Å². The van der Waals surface area contributed by atoms with Crippen molar-refractivity contribution in [3.05, 3.63) is 34.3 Å². The van der Waals surface area contributed by atoms with Gasteiger partial charge in [0, 0.05) is 0 Å². The van der Waals surface area contributed by atoms with Crippen molar-refractivity contribution in [2.75, 3.05) is 0 Å². The van der Waals surface area contributed by atoms with Crippen LogP contribution in [-0.4, -0.2) is 22.5 Å². The van der Waals surface area contributed by atoms with Gasteiger partial charge in [-0.1, -0.05) is 0 Å². The molecule has 3 radical (unpaired) electrons. The Kier molecular flexibility index (Phi) is 3.05. The van der Waals surface area contributed by atoms with Crippen LogP contribution < -0.4 is 0 Å². The zero-order valence-corrected chi connectivity index (χ0v) is 9.33. The summed E-state index contributed by atoms with van der Waals surface area (Å²) in [4.78, 5) is 0. The van der Waals surface area contributed by atoms with Gasteiger partial charge in [-0.2, -0.15) is 0 Å². The van der Waals surface area contributed by atoms with E-state index in [0.29, 0.717) is 0 Å². The Labute approximate surface area is 76.9 Å². The van der Waals surface area contributed by atoms with Crippen molar-refractivity contribution < 1.29 is 0 Å². The molecule has 0 amide bonds. The average Bonchev–Trinajstić information content (AvgIpc) is 1.88. The third-order valence-electron chi connectivity index (χ3n) is 1.09. The summed E-state index contributed by atoms with van der Waals surface area (Å²) >= 11 is 4.98. The molecule has 0 saturated carbocycles. The Morgan fingerprint density at radius 1 is 1.44 bits per heavy atom. The van der Waals surface area contributed by atoms with Crippen molar-refractivity contribution in [3.8, 4) is 0 Å². The van der Waals surface area contributed by atoms with Crippen molar-refractivity contribution in [2.45, 2.75) is 4.44 Å². The number of halogens is 1. The molecule has 0 unspecified atom stereocenters. The minimum atomic E-state index is 1.18. The molecule has 0 bridgehead atoms. The molecule has 0 heterocycles. The van der Waals surface area contributed by atoms with Crippen LogP contribution in [0.5, 0.6) is 0 Å². The summed E-state index contributed by atoms with van der Waals surface area (Å²) in [6.45, 7) is 0. The quantitative estimate of drug-likeness (QED) is 0.695. The predicted octanol–water partition coefficient (Wildman–Crippen LogP) is 2.12. The van der Waals surface area contributed by atoms with Crippen molar-refractivity contribution in [2.24, 2.45) is 0 Å². The molecule has 1 aromatic carbocycles. The van der Waals surface area contributed by atoms with E-state index in [2.05, 4.69) is 40.2 Å². The maximum atomic E-state index is 3.41. The number of hydrogen-bond acceptors (Lipinski definition) is 0. The zero-order valence-electron chi connectivity index (χ0n) is 4.89. The molecule has 2 heteroatoms. The molecular formula is C7H6BrSn. The third kappa shape index (κ3) is 2.30. The molecule has 0 atom stereocenters. The minimum absolute atomic E-state index is 1.18. The first-order chi connectivity index (χ1) is 4.33. The van der Waals surface area contributed by atoms with E-state index in [1.807, 2.05) is 0 Å². The topological polar surface area (TPSA) is 0 Å². The summed E-state index contributed by atoms with van der Waals surface area (Å²) in [7, 11) is 0. The van der Waals surface area contributed by atoms with Gasteiger partial charge in [0.1, 0.15) is 0 Å². The van der Waals surface area contributed by atoms with Gasteiger partial charge in [0.05, 0.1) is 0 Å². The molecule has 1 aromatic rings. The fourth-order valence-electron chi connectivity index (χ4n) is 0.647. The summed E-state index contributed by atoms with van der Waals surface area (Å²) in [6, 6.07) is 8.44. The van der Waals surface area contributed by atoms with Crippen molar-refractivity contribution >= 4 is 38.5 Å². The Bertz CT molecular complexity index is 198. The normalized spacial score (nSPS) is 9.56. The molecule has 0 aliphatic carbocycles. The standard InChI is InChI=1S/C7H6Br.Sn/c1-6-3-2-4-7(8)5-6;/h2-5H,1H2;. The van der Waals surface area contributed by atoms with Gasteiger partial charge in [-0.15, -0.1) is 0 Å². The fourth-order valence-corrected chi connectivity index (χ4v) is 1.72. The summed E-state index contributed by atoms with van der Waals surface area (Å²) in [5.41, 5.74) is 1.42. The zero-order chi connectivity index (χ0) is 6.69. The molecule has 0 aliphatic heterocycles. The second-order valence-corrected chi connectivity index (χ2v) is 3.73. The van der Waals surface area contributed by atoms with Crippen LogP contribution in [0, 0.1) is 0 Å². The second-order valence-electron chi connectivity index (χ2n) is 1.81. The van der Waals surface area contributed by atoms with Crippen LogP contribution in [0.1, 0.15) is 5.56 Å². The number of benzene rings is 1. The molecule has 1 rings (SSSR count). The van der Waals surface area contributed by atoms with E-state index in [-0.39, 0.29) is 0 Å². The molecule has 0 fully saturated rings. The SMILES string of the molecule is Brc1cccc([CH2][Sn])c1. The van der Waals surface area contributed by atoms with Gasteiger partial charge in [0.25, 0.3) is 0 Å². The number of rotatable bonds is 1. The second kappa shape index (κ2) is 3.61. The molecule has 0 saturated heterocycles. The van der Waals surface area contributed by atoms with Crippen LogP contribution in [0.2, 0.25) is 0 Å². The average molecular weight is 289 g/mol. The van der Waals surface area contributed by atoms with E-state index in [0.717, 1.165) is 0 Å². The first-order valence-electron chi connectivity index (χ1n) is 2.72. The third-order valence-corrected chi connectivity index (χ3v) is 2.75. The molecule has 9 heavy (non-hydrogen) atoms. The van der Waals surface area contributed by atoms with Crippen LogP contribution >= 0.6 is 15.9 Å². The fraction of sp³-hybridized carbons (Fsp3) is 0.143. The predicted molar refractivity (Wildman–Crippen MR) is 43.6 cm³/mol. The summed E-state index contributed by atoms with van der Waals surface area (Å²) in [6.07, 6.45) is 0. The van der Waals surface area contributed by atoms with Gasteiger partial charge in [-0.25, -0.2) is 0 Å². The summed E-state index contributed by atoms with van der Waals surface area (Å²) < 4.78 is 2.38. The van der Waals surface area contributed by atoms with E-state index in [1.54, 1.807) is 22.5 Å². The Morgan fingerprint density at radius 2 is 2.22 bits per heavy atom. The molecule has 0 nitrogen and oxygen atoms in total. The summed E-state index contributed by atoms with van der Waals surface area (Å²) in [5, 5.41) is 0. The molecule has 0 N–H and O–H groups in total. The Balaban J connectivity index is 2.94. The van der Waals surface area contributed by atoms with Crippen LogP contribution in [0.15, 0.2) is 28.7 Å². The van der Waals surface area contributed by atoms with Gasteiger partial charge < -0.3 is 0 Å². The monoisotopic (exact) mass is 289 g/mol. The van der Waals surface area contributed by atoms with Crippen LogP contribution in [-0.2, 0) is 4.44 Å². The molecule has 45 valence electrons. The Morgan fingerprint density at radius 3 is 2.67 bits per heavy atom. The van der Waals surface area contributed by atoms with Crippen molar-refractivity contribution in [1.29, 1.82) is 0 Å². The van der Waals surface area contributed by atoms with Gasteiger partial charge in [0.15, 0.2) is 0 Å². The molecule has 0 aliphatic rings. The van der Waals surface area contributed by atoms with E-state index in [4.69, 9.17) is 0 Å². The van der Waals surface area contributed by atoms with E-state index in [9.17, 15) is 0 Å². The van der Waals surface area contributed by atoms with Crippen molar-refractivity contribution in [3.63, 3.8) is 0 Å². The molecule has 0 spiro atoms. The first kappa shape index (κ1) is 7.60. The van der Waals surface area contributed by atoms with Crippen molar-refractivity contribution in [1.82, 2.24) is 0 Å². The molecule has 0 aromatic heterocycles. The summed E-state index contributed by atoms with van der Waals surface area (Å²) in [5.74, 6) is 0. The van der Waals surface area contributed by atoms with E-state index < -0.39 is 0 Å². The van der Waals surface area contributed by atoms with E-state index in [1.165, 1.54) is 14.5 Å². The number of hydrogen-bond donors (Lipinski definition) is 0. The van der Waals surface area contributed by atoms with Crippen LogP contribution in [0.4, 0.5) is 0 Å². The first-order valence-corrected chi connectivity index (χ1v) is 5.53. The van der Waals surface area contributed by atoms with Gasteiger partial charge in [-0.3, -0.25) is 0 Å². The maximum absolute atomic E-state index is 3.41.